The molecular weight excluding hydrogens is 206 g/mol. The van der Waals surface area contributed by atoms with Gasteiger partial charge in [-0.05, 0) is 34.5 Å². The molecule has 0 bridgehead atoms. The van der Waals surface area contributed by atoms with Crippen LogP contribution in [0.5, 0.6) is 0 Å². The first-order valence-electron chi connectivity index (χ1n) is 4.70. The Bertz CT molecular complexity index is 425. The summed E-state index contributed by atoms with van der Waals surface area (Å²) in [4.78, 5) is 6.32. The zero-order valence-electron chi connectivity index (χ0n) is 8.55. The van der Waals surface area contributed by atoms with Crippen molar-refractivity contribution >= 4 is 22.8 Å². The maximum absolute atomic E-state index is 5.85. The Labute approximate surface area is 93.2 Å². The largest absolute Gasteiger partial charge is 0.396 e. The average molecular weight is 219 g/mol. The van der Waals surface area contributed by atoms with Crippen LogP contribution in [0.4, 0.5) is 11.5 Å². The molecule has 2 aromatic rings. The molecule has 4 heteroatoms. The minimum atomic E-state index is 0.718. The first-order chi connectivity index (χ1) is 7.27. The van der Waals surface area contributed by atoms with E-state index in [1.165, 1.54) is 5.56 Å². The molecule has 2 rings (SSSR count). The Balaban J connectivity index is 2.15. The van der Waals surface area contributed by atoms with Gasteiger partial charge in [-0.15, -0.1) is 0 Å². The van der Waals surface area contributed by atoms with Gasteiger partial charge in [-0.3, -0.25) is 0 Å². The van der Waals surface area contributed by atoms with E-state index in [1.54, 1.807) is 17.5 Å². The molecule has 0 aliphatic heterocycles. The van der Waals surface area contributed by atoms with Gasteiger partial charge in [0.2, 0.25) is 0 Å². The lowest BCUT2D eigenvalue weighted by atomic mass is 10.3. The maximum atomic E-state index is 5.85. The van der Waals surface area contributed by atoms with Crippen molar-refractivity contribution in [3.8, 4) is 0 Å². The average Bonchev–Trinajstić information content (AvgIpc) is 2.71. The normalized spacial score (nSPS) is 10.2. The van der Waals surface area contributed by atoms with Crippen molar-refractivity contribution < 1.29 is 0 Å². The summed E-state index contributed by atoms with van der Waals surface area (Å²) in [6, 6.07) is 5.82. The molecule has 2 aromatic heterocycles. The Kier molecular flexibility index (Phi) is 2.87. The molecule has 2 N–H and O–H groups in total. The van der Waals surface area contributed by atoms with Gasteiger partial charge in [0.15, 0.2) is 5.82 Å². The van der Waals surface area contributed by atoms with E-state index in [0.717, 1.165) is 18.1 Å². The Morgan fingerprint density at radius 1 is 1.47 bits per heavy atom. The van der Waals surface area contributed by atoms with E-state index in [4.69, 9.17) is 5.73 Å². The SMILES string of the molecule is CN(Cc1ccsc1)c1ncccc1N. The van der Waals surface area contributed by atoms with Crippen molar-refractivity contribution in [2.45, 2.75) is 6.54 Å². The third-order valence-electron chi connectivity index (χ3n) is 2.18. The summed E-state index contributed by atoms with van der Waals surface area (Å²) in [5.74, 6) is 0.837. The maximum Gasteiger partial charge on any atom is 0.151 e. The van der Waals surface area contributed by atoms with E-state index in [2.05, 4.69) is 26.7 Å². The van der Waals surface area contributed by atoms with Gasteiger partial charge < -0.3 is 10.6 Å². The van der Waals surface area contributed by atoms with Crippen LogP contribution in [0.15, 0.2) is 35.2 Å². The molecule has 0 saturated heterocycles. The number of aromatic nitrogens is 1. The predicted molar refractivity (Wildman–Crippen MR) is 65.1 cm³/mol. The zero-order valence-corrected chi connectivity index (χ0v) is 9.37. The fraction of sp³-hybridized carbons (Fsp3) is 0.182. The summed E-state index contributed by atoms with van der Waals surface area (Å²) in [6.07, 6.45) is 1.76. The van der Waals surface area contributed by atoms with Crippen LogP contribution in [0.2, 0.25) is 0 Å². The standard InChI is InChI=1S/C11H13N3S/c1-14(7-9-4-6-15-8-9)11-10(12)3-2-5-13-11/h2-6,8H,7,12H2,1H3. The molecule has 15 heavy (non-hydrogen) atoms. The van der Waals surface area contributed by atoms with Crippen molar-refractivity contribution in [3.63, 3.8) is 0 Å². The first-order valence-corrected chi connectivity index (χ1v) is 5.64. The summed E-state index contributed by atoms with van der Waals surface area (Å²) in [7, 11) is 2.00. The smallest absolute Gasteiger partial charge is 0.151 e. The highest BCUT2D eigenvalue weighted by molar-refractivity contribution is 7.07. The second-order valence-electron chi connectivity index (χ2n) is 3.40. The Morgan fingerprint density at radius 3 is 3.00 bits per heavy atom. The van der Waals surface area contributed by atoms with E-state index >= 15 is 0 Å². The van der Waals surface area contributed by atoms with Gasteiger partial charge in [0.25, 0.3) is 0 Å². The van der Waals surface area contributed by atoms with Gasteiger partial charge in [0, 0.05) is 19.8 Å². The molecule has 0 atom stereocenters. The van der Waals surface area contributed by atoms with Crippen LogP contribution in [0.3, 0.4) is 0 Å². The molecule has 3 nitrogen and oxygen atoms in total. The van der Waals surface area contributed by atoms with Crippen LogP contribution in [-0.4, -0.2) is 12.0 Å². The lowest BCUT2D eigenvalue weighted by Gasteiger charge is -2.18. The van der Waals surface area contributed by atoms with E-state index in [1.807, 2.05) is 19.2 Å². The molecule has 0 fully saturated rings. The second kappa shape index (κ2) is 4.31. The first kappa shape index (κ1) is 9.98. The number of hydrogen-bond donors (Lipinski definition) is 1. The van der Waals surface area contributed by atoms with Gasteiger partial charge in [-0.2, -0.15) is 11.3 Å². The lowest BCUT2D eigenvalue weighted by molar-refractivity contribution is 0.904. The highest BCUT2D eigenvalue weighted by atomic mass is 32.1. The summed E-state index contributed by atoms with van der Waals surface area (Å²) in [5, 5.41) is 4.21. The fourth-order valence-electron chi connectivity index (χ4n) is 1.46. The van der Waals surface area contributed by atoms with Gasteiger partial charge in [0.1, 0.15) is 0 Å². The van der Waals surface area contributed by atoms with E-state index in [9.17, 15) is 0 Å². The number of anilines is 2. The Hall–Kier alpha value is -1.55. The van der Waals surface area contributed by atoms with Crippen molar-refractivity contribution in [3.05, 3.63) is 40.7 Å². The van der Waals surface area contributed by atoms with Gasteiger partial charge in [-0.1, -0.05) is 0 Å². The van der Waals surface area contributed by atoms with Crippen LogP contribution >= 0.6 is 11.3 Å². The minimum Gasteiger partial charge on any atom is -0.396 e. The van der Waals surface area contributed by atoms with Crippen molar-refractivity contribution in [2.75, 3.05) is 17.7 Å². The fourth-order valence-corrected chi connectivity index (χ4v) is 2.12. The monoisotopic (exact) mass is 219 g/mol. The molecule has 0 saturated carbocycles. The number of rotatable bonds is 3. The predicted octanol–water partition coefficient (Wildman–Crippen LogP) is 2.36. The molecule has 2 heterocycles. The highest BCUT2D eigenvalue weighted by Gasteiger charge is 2.06. The summed E-state index contributed by atoms with van der Waals surface area (Å²) < 4.78 is 0. The molecule has 0 radical (unpaired) electrons. The second-order valence-corrected chi connectivity index (χ2v) is 4.18. The minimum absolute atomic E-state index is 0.718. The number of thiophene rings is 1. The van der Waals surface area contributed by atoms with E-state index < -0.39 is 0 Å². The van der Waals surface area contributed by atoms with Gasteiger partial charge >= 0.3 is 0 Å². The van der Waals surface area contributed by atoms with E-state index in [0.29, 0.717) is 0 Å². The number of hydrogen-bond acceptors (Lipinski definition) is 4. The van der Waals surface area contributed by atoms with Crippen molar-refractivity contribution in [1.82, 2.24) is 4.98 Å². The van der Waals surface area contributed by atoms with E-state index in [-0.39, 0.29) is 0 Å². The summed E-state index contributed by atoms with van der Waals surface area (Å²) in [6.45, 7) is 0.838. The molecule has 0 spiro atoms. The molecule has 0 unspecified atom stereocenters. The van der Waals surface area contributed by atoms with Crippen LogP contribution in [0, 0.1) is 0 Å². The number of pyridine rings is 1. The van der Waals surface area contributed by atoms with Gasteiger partial charge in [-0.25, -0.2) is 4.98 Å². The number of nitrogens with zero attached hydrogens (tertiary/aromatic N) is 2. The summed E-state index contributed by atoms with van der Waals surface area (Å²) >= 11 is 1.70. The number of nitrogens with two attached hydrogens (primary N) is 1. The quantitative estimate of drug-likeness (QED) is 0.861. The molecule has 0 aromatic carbocycles. The number of nitrogen functional groups attached to an aromatic ring is 1. The van der Waals surface area contributed by atoms with Gasteiger partial charge in [0.05, 0.1) is 5.69 Å². The molecule has 0 aliphatic carbocycles. The molecule has 78 valence electrons. The van der Waals surface area contributed by atoms with Crippen LogP contribution in [0.25, 0.3) is 0 Å². The molecular formula is C11H13N3S. The third kappa shape index (κ3) is 2.27. The third-order valence-corrected chi connectivity index (χ3v) is 2.91. The highest BCUT2D eigenvalue weighted by Crippen LogP contribution is 2.20. The Morgan fingerprint density at radius 2 is 2.33 bits per heavy atom. The van der Waals surface area contributed by atoms with Crippen LogP contribution in [-0.2, 0) is 6.54 Å². The lowest BCUT2D eigenvalue weighted by Crippen LogP contribution is -2.18. The van der Waals surface area contributed by atoms with Crippen LogP contribution < -0.4 is 10.6 Å². The summed E-state index contributed by atoms with van der Waals surface area (Å²) in [5.41, 5.74) is 7.85. The van der Waals surface area contributed by atoms with Crippen molar-refractivity contribution in [1.29, 1.82) is 0 Å². The van der Waals surface area contributed by atoms with Crippen LogP contribution in [0.1, 0.15) is 5.56 Å². The van der Waals surface area contributed by atoms with Crippen molar-refractivity contribution in [2.24, 2.45) is 0 Å². The topological polar surface area (TPSA) is 42.2 Å². The molecule has 0 aliphatic rings. The molecule has 0 amide bonds. The zero-order chi connectivity index (χ0) is 10.7.